The normalized spacial score (nSPS) is 9.76. The van der Waals surface area contributed by atoms with E-state index >= 15 is 0 Å². The van der Waals surface area contributed by atoms with E-state index < -0.39 is 0 Å². The van der Waals surface area contributed by atoms with Gasteiger partial charge in [-0.3, -0.25) is 0 Å². The van der Waals surface area contributed by atoms with Crippen LogP contribution in [0.2, 0.25) is 13.1 Å². The number of halogens is 2. The number of rotatable bonds is 2. The first kappa shape index (κ1) is 29.0. The Labute approximate surface area is 237 Å². The predicted molar refractivity (Wildman–Crippen MR) is 143 cm³/mol. The summed E-state index contributed by atoms with van der Waals surface area (Å²) in [4.78, 5) is 2.70. The first-order chi connectivity index (χ1) is 15.6. The number of hydrogen-bond acceptors (Lipinski definition) is 2. The molecule has 0 aliphatic carbocycles. The third-order valence-electron chi connectivity index (χ3n) is 4.85. The van der Waals surface area contributed by atoms with Crippen molar-refractivity contribution in [2.75, 3.05) is 0 Å². The molecule has 0 spiro atoms. The zero-order chi connectivity index (χ0) is 22.3. The minimum atomic E-state index is 0. The average molecular weight is 615 g/mol. The molecule has 34 heavy (non-hydrogen) atoms. The maximum atomic E-state index is 2.31. The first-order valence-electron chi connectivity index (χ1n) is 10.5. The Kier molecular flexibility index (Phi) is 12.2. The second-order valence-corrected chi connectivity index (χ2v) is 19.0. The van der Waals surface area contributed by atoms with Gasteiger partial charge in [0.1, 0.15) is 0 Å². The second-order valence-electron chi connectivity index (χ2n) is 7.70. The number of thiophene rings is 2. The predicted octanol–water partition coefficient (Wildman–Crippen LogP) is 3.37. The fourth-order valence-corrected chi connectivity index (χ4v) is 4.90. The van der Waals surface area contributed by atoms with Crippen LogP contribution < -0.4 is 24.8 Å². The summed E-state index contributed by atoms with van der Waals surface area (Å²) in [5, 5.41) is 9.55. The van der Waals surface area contributed by atoms with Crippen molar-refractivity contribution in [1.82, 2.24) is 0 Å². The van der Waals surface area contributed by atoms with Gasteiger partial charge in [0.25, 0.3) is 0 Å². The van der Waals surface area contributed by atoms with Crippen LogP contribution in [0, 0.1) is 0 Å². The van der Waals surface area contributed by atoms with Gasteiger partial charge in [-0.1, -0.05) is 60.7 Å². The molecule has 0 amide bonds. The standard InChI is InChI=1S/2C13H9S.C2H6Si.2ClH.Zr/c2*1-2-5-11-9-12(8-10(11)4-1)13-6-3-7-14-13;1-3-2;;;/h2*1-9H;1-2H3;2*1H;/q2*-1;;;;+2/p-2. The summed E-state index contributed by atoms with van der Waals surface area (Å²) < 4.78 is 0. The Bertz CT molecular complexity index is 1240. The van der Waals surface area contributed by atoms with Gasteiger partial charge in [-0.25, -0.2) is 0 Å². The van der Waals surface area contributed by atoms with E-state index in [1.165, 1.54) is 42.4 Å². The number of hydrogen-bond donors (Lipinski definition) is 0. The quantitative estimate of drug-likeness (QED) is 0.207. The van der Waals surface area contributed by atoms with E-state index in [4.69, 9.17) is 0 Å². The fourth-order valence-electron chi connectivity index (χ4n) is 3.47. The van der Waals surface area contributed by atoms with Crippen LogP contribution in [-0.4, -0.2) is 5.43 Å². The van der Waals surface area contributed by atoms with E-state index in [9.17, 15) is 0 Å². The molecule has 0 saturated heterocycles. The molecule has 0 fully saturated rings. The molecule has 0 bridgehead atoms. The Morgan fingerprint density at radius 1 is 0.618 bits per heavy atom. The fraction of sp³-hybridized carbons (Fsp3) is 0.0714. The van der Waals surface area contributed by atoms with Gasteiger partial charge in [-0.15, -0.1) is 69.1 Å². The Morgan fingerprint density at radius 3 is 1.32 bits per heavy atom. The summed E-state index contributed by atoms with van der Waals surface area (Å²) in [6.45, 7) is 4.62. The van der Waals surface area contributed by atoms with Crippen LogP contribution in [-0.2, 0) is 23.3 Å². The van der Waals surface area contributed by atoms with Crippen molar-refractivity contribution < 1.29 is 48.1 Å². The van der Waals surface area contributed by atoms with E-state index in [-0.39, 0.29) is 30.2 Å². The molecule has 0 saturated carbocycles. The molecule has 2 aromatic heterocycles. The molecule has 6 rings (SSSR count). The molecule has 4 aromatic carbocycles. The van der Waals surface area contributed by atoms with Gasteiger partial charge >= 0.3 is 41.9 Å². The zero-order valence-corrected chi connectivity index (χ0v) is 25.6. The maximum Gasteiger partial charge on any atom is -0.0174 e. The van der Waals surface area contributed by atoms with Crippen LogP contribution in [0.15, 0.2) is 108 Å². The van der Waals surface area contributed by atoms with Gasteiger partial charge in [0, 0.05) is 0 Å². The molecular formula is C28H24Cl2S2SiZr-2. The molecule has 0 aliphatic rings. The Hall–Kier alpha value is -1.26. The molecule has 0 unspecified atom stereocenters. The van der Waals surface area contributed by atoms with Crippen molar-refractivity contribution in [3.63, 3.8) is 0 Å². The summed E-state index contributed by atoms with van der Waals surface area (Å²) in [5.74, 6) is 0. The molecule has 2 heterocycles. The third kappa shape index (κ3) is 7.88. The van der Waals surface area contributed by atoms with Crippen LogP contribution in [0.25, 0.3) is 42.4 Å². The second kappa shape index (κ2) is 14.3. The zero-order valence-electron chi connectivity index (χ0n) is 19.0. The van der Waals surface area contributed by atoms with Crippen LogP contribution in [0.3, 0.4) is 0 Å². The molecule has 0 N–H and O–H groups in total. The van der Waals surface area contributed by atoms with E-state index in [0.717, 1.165) is 0 Å². The molecule has 6 heteroatoms. The average Bonchev–Trinajstić information content (AvgIpc) is 3.59. The summed E-state index contributed by atoms with van der Waals surface area (Å²) in [5.41, 5.74) is 2.88. The van der Waals surface area contributed by atoms with Crippen molar-refractivity contribution in [3.8, 4) is 20.9 Å². The van der Waals surface area contributed by atoms with E-state index in [1.54, 1.807) is 46.0 Å². The number of fused-ring (bicyclic) bond motifs is 2. The topological polar surface area (TPSA) is 0 Å². The van der Waals surface area contributed by atoms with Gasteiger partial charge in [-0.2, -0.15) is 22.7 Å². The van der Waals surface area contributed by atoms with Crippen molar-refractivity contribution in [2.45, 2.75) is 13.1 Å². The summed E-state index contributed by atoms with van der Waals surface area (Å²) in [6.07, 6.45) is 0. The first-order valence-corrected chi connectivity index (χ1v) is 18.5. The van der Waals surface area contributed by atoms with Crippen LogP contribution >= 0.6 is 22.7 Å². The molecule has 0 atom stereocenters. The molecule has 0 nitrogen and oxygen atoms in total. The number of benzene rings is 2. The van der Waals surface area contributed by atoms with Gasteiger partial charge in [-0.05, 0) is 20.5 Å². The smallest absolute Gasteiger partial charge is 0.0174 e. The largest absolute Gasteiger partial charge is 1.00 e. The van der Waals surface area contributed by atoms with Gasteiger partial charge in [0.2, 0.25) is 0 Å². The van der Waals surface area contributed by atoms with Crippen molar-refractivity contribution in [1.29, 1.82) is 0 Å². The Morgan fingerprint density at radius 2 is 1.00 bits per heavy atom. The SMILES string of the molecule is C[Si](C)=[Zr+2].[Cl-].[Cl-].c1csc(-c2cc3ccccc3[cH-]2)c1.c1csc(-c2cc3ccccc3[cH-]2)c1. The van der Waals surface area contributed by atoms with Crippen molar-refractivity contribution in [3.05, 3.63) is 108 Å². The van der Waals surface area contributed by atoms with Crippen molar-refractivity contribution >= 4 is 49.7 Å². The Balaban J connectivity index is 0.000000198. The molecule has 172 valence electrons. The van der Waals surface area contributed by atoms with Gasteiger partial charge in [0.05, 0.1) is 0 Å². The van der Waals surface area contributed by atoms with Crippen LogP contribution in [0.1, 0.15) is 0 Å². The summed E-state index contributed by atoms with van der Waals surface area (Å²) in [6, 6.07) is 34.5. The molecule has 0 radical (unpaired) electrons. The third-order valence-corrected chi connectivity index (χ3v) is 6.69. The minimum Gasteiger partial charge on any atom is -1.00 e. The van der Waals surface area contributed by atoms with E-state index in [0.29, 0.717) is 0 Å². The maximum absolute atomic E-state index is 2.31. The summed E-state index contributed by atoms with van der Waals surface area (Å²) >= 11 is 5.32. The minimum absolute atomic E-state index is 0. The summed E-state index contributed by atoms with van der Waals surface area (Å²) in [7, 11) is 0. The molecule has 0 aliphatic heterocycles. The monoisotopic (exact) mass is 612 g/mol. The van der Waals surface area contributed by atoms with Gasteiger partial charge in [0.15, 0.2) is 0 Å². The van der Waals surface area contributed by atoms with Crippen LogP contribution in [0.5, 0.6) is 0 Å². The molecular weight excluding hydrogens is 591 g/mol. The van der Waals surface area contributed by atoms with E-state index in [2.05, 4.69) is 121 Å². The van der Waals surface area contributed by atoms with Gasteiger partial charge < -0.3 is 24.8 Å². The van der Waals surface area contributed by atoms with E-state index in [1.807, 2.05) is 0 Å². The van der Waals surface area contributed by atoms with Crippen LogP contribution in [0.4, 0.5) is 0 Å². The molecule has 6 aromatic rings. The van der Waals surface area contributed by atoms with Crippen molar-refractivity contribution in [2.24, 2.45) is 0 Å².